The van der Waals surface area contributed by atoms with Crippen LogP contribution in [0.15, 0.2) is 29.4 Å². The molecule has 6 nitrogen and oxygen atoms in total. The van der Waals surface area contributed by atoms with E-state index in [1.165, 1.54) is 43.9 Å². The highest BCUT2D eigenvalue weighted by atomic mass is 32.2. The minimum atomic E-state index is 0.0802. The zero-order valence-corrected chi connectivity index (χ0v) is 19.0. The lowest BCUT2D eigenvalue weighted by molar-refractivity contribution is -0.119. The Kier molecular flexibility index (Phi) is 6.66. The number of amides is 1. The smallest absolute Gasteiger partial charge is 0.230 e. The number of rotatable bonds is 8. The molecule has 4 rings (SSSR count). The standard InChI is InChI=1S/C23H32N4O2S/c1-15-6-4-5-7-20(15)27-22(18-10-12-19(29-3)13-11-18)25-26-23(27)30-14-21(28)24-16(2)17-8-9-17/h10-13,15-17,20H,4-9,14H2,1-3H3,(H,24,28)/t15-,16+,20-/m1/s1. The van der Waals surface area contributed by atoms with Gasteiger partial charge in [0.05, 0.1) is 12.9 Å². The number of hydrogen-bond donors (Lipinski definition) is 1. The molecule has 2 aliphatic rings. The summed E-state index contributed by atoms with van der Waals surface area (Å²) in [4.78, 5) is 12.5. The van der Waals surface area contributed by atoms with Crippen molar-refractivity contribution < 1.29 is 9.53 Å². The number of carbonyl (C=O) groups excluding carboxylic acids is 1. The van der Waals surface area contributed by atoms with E-state index in [2.05, 4.69) is 33.9 Å². The number of nitrogens with one attached hydrogen (secondary N) is 1. The van der Waals surface area contributed by atoms with Gasteiger partial charge in [-0.3, -0.25) is 9.36 Å². The highest BCUT2D eigenvalue weighted by Gasteiger charge is 2.30. The average molecular weight is 429 g/mol. The van der Waals surface area contributed by atoms with Crippen LogP contribution in [0, 0.1) is 11.8 Å². The Labute approximate surface area is 183 Å². The maximum Gasteiger partial charge on any atom is 0.230 e. The molecule has 3 atom stereocenters. The van der Waals surface area contributed by atoms with Crippen molar-refractivity contribution in [3.05, 3.63) is 24.3 Å². The fourth-order valence-electron chi connectivity index (χ4n) is 4.43. The fourth-order valence-corrected chi connectivity index (χ4v) is 5.23. The number of hydrogen-bond acceptors (Lipinski definition) is 5. The van der Waals surface area contributed by atoms with E-state index in [1.807, 2.05) is 24.3 Å². The molecule has 0 bridgehead atoms. The van der Waals surface area contributed by atoms with E-state index >= 15 is 0 Å². The van der Waals surface area contributed by atoms with E-state index < -0.39 is 0 Å². The molecule has 2 aromatic rings. The molecule has 2 aliphatic carbocycles. The molecule has 2 fully saturated rings. The monoisotopic (exact) mass is 428 g/mol. The molecule has 30 heavy (non-hydrogen) atoms. The number of benzene rings is 1. The Balaban J connectivity index is 1.55. The van der Waals surface area contributed by atoms with Gasteiger partial charge in [-0.15, -0.1) is 10.2 Å². The third-order valence-corrected chi connectivity index (χ3v) is 7.40. The first-order chi connectivity index (χ1) is 14.6. The number of ether oxygens (including phenoxy) is 1. The summed E-state index contributed by atoms with van der Waals surface area (Å²) >= 11 is 1.50. The van der Waals surface area contributed by atoms with Gasteiger partial charge >= 0.3 is 0 Å². The van der Waals surface area contributed by atoms with Gasteiger partial charge in [-0.05, 0) is 68.7 Å². The molecule has 0 unspecified atom stereocenters. The number of methoxy groups -OCH3 is 1. The summed E-state index contributed by atoms with van der Waals surface area (Å²) in [5.74, 6) is 3.38. The van der Waals surface area contributed by atoms with Gasteiger partial charge in [0.15, 0.2) is 11.0 Å². The number of aromatic nitrogens is 3. The third-order valence-electron chi connectivity index (χ3n) is 6.46. The summed E-state index contributed by atoms with van der Waals surface area (Å²) < 4.78 is 7.59. The highest BCUT2D eigenvalue weighted by Crippen LogP contribution is 2.39. The summed E-state index contributed by atoms with van der Waals surface area (Å²) in [6.45, 7) is 4.42. The van der Waals surface area contributed by atoms with Gasteiger partial charge in [-0.25, -0.2) is 0 Å². The van der Waals surface area contributed by atoms with Gasteiger partial charge in [-0.1, -0.05) is 31.5 Å². The SMILES string of the molecule is COc1ccc(-c2nnc(SCC(=O)N[C@@H](C)C3CC3)n2[C@@H]2CCCC[C@H]2C)cc1. The second-order valence-corrected chi connectivity index (χ2v) is 9.66. The zero-order chi connectivity index (χ0) is 21.1. The van der Waals surface area contributed by atoms with Crippen LogP contribution in [-0.4, -0.2) is 39.6 Å². The van der Waals surface area contributed by atoms with Crippen molar-refractivity contribution in [3.63, 3.8) is 0 Å². The molecule has 7 heteroatoms. The average Bonchev–Trinajstić information content (AvgIpc) is 3.53. The minimum absolute atomic E-state index is 0.0802. The molecular weight excluding hydrogens is 396 g/mol. The molecular formula is C23H32N4O2S. The molecule has 1 aromatic heterocycles. The summed E-state index contributed by atoms with van der Waals surface area (Å²) in [5.41, 5.74) is 1.03. The van der Waals surface area contributed by atoms with Crippen LogP contribution < -0.4 is 10.1 Å². The molecule has 0 saturated heterocycles. The minimum Gasteiger partial charge on any atom is -0.497 e. The zero-order valence-electron chi connectivity index (χ0n) is 18.1. The van der Waals surface area contributed by atoms with Crippen LogP contribution in [0.25, 0.3) is 11.4 Å². The van der Waals surface area contributed by atoms with Gasteiger partial charge in [0.2, 0.25) is 5.91 Å². The van der Waals surface area contributed by atoms with Gasteiger partial charge in [-0.2, -0.15) is 0 Å². The van der Waals surface area contributed by atoms with E-state index in [0.717, 1.165) is 28.7 Å². The number of thioether (sulfide) groups is 1. The normalized spacial score (nSPS) is 22.5. The van der Waals surface area contributed by atoms with Gasteiger partial charge in [0, 0.05) is 17.6 Å². The Hall–Kier alpha value is -2.02. The maximum atomic E-state index is 12.5. The summed E-state index contributed by atoms with van der Waals surface area (Å²) in [5, 5.41) is 13.0. The summed E-state index contributed by atoms with van der Waals surface area (Å²) in [7, 11) is 1.67. The van der Waals surface area contributed by atoms with Crippen molar-refractivity contribution in [2.75, 3.05) is 12.9 Å². The van der Waals surface area contributed by atoms with E-state index in [1.54, 1.807) is 7.11 Å². The van der Waals surface area contributed by atoms with Gasteiger partial charge in [0.25, 0.3) is 0 Å². The molecule has 0 spiro atoms. The van der Waals surface area contributed by atoms with Crippen molar-refractivity contribution in [2.24, 2.45) is 11.8 Å². The maximum absolute atomic E-state index is 12.5. The van der Waals surface area contributed by atoms with Crippen molar-refractivity contribution in [3.8, 4) is 17.1 Å². The van der Waals surface area contributed by atoms with Crippen LogP contribution in [0.5, 0.6) is 5.75 Å². The number of carbonyl (C=O) groups is 1. The molecule has 162 valence electrons. The predicted molar refractivity (Wildman–Crippen MR) is 120 cm³/mol. The first-order valence-corrected chi connectivity index (χ1v) is 12.1. The van der Waals surface area contributed by atoms with Crippen LogP contribution in [-0.2, 0) is 4.79 Å². The Bertz CT molecular complexity index is 863. The van der Waals surface area contributed by atoms with E-state index in [4.69, 9.17) is 4.74 Å². The van der Waals surface area contributed by atoms with E-state index in [-0.39, 0.29) is 11.9 Å². The Morgan fingerprint density at radius 1 is 1.20 bits per heavy atom. The Morgan fingerprint density at radius 2 is 1.93 bits per heavy atom. The second-order valence-electron chi connectivity index (χ2n) is 8.72. The first-order valence-electron chi connectivity index (χ1n) is 11.1. The summed E-state index contributed by atoms with van der Waals surface area (Å²) in [6.07, 6.45) is 7.30. The van der Waals surface area contributed by atoms with Gasteiger partial charge < -0.3 is 10.1 Å². The van der Waals surface area contributed by atoms with Crippen molar-refractivity contribution in [2.45, 2.75) is 69.6 Å². The van der Waals surface area contributed by atoms with Crippen molar-refractivity contribution in [1.82, 2.24) is 20.1 Å². The Morgan fingerprint density at radius 3 is 2.60 bits per heavy atom. The molecule has 1 aromatic carbocycles. The quantitative estimate of drug-likeness (QED) is 0.617. The van der Waals surface area contributed by atoms with Crippen LogP contribution in [0.3, 0.4) is 0 Å². The molecule has 2 saturated carbocycles. The highest BCUT2D eigenvalue weighted by molar-refractivity contribution is 7.99. The summed E-state index contributed by atoms with van der Waals surface area (Å²) in [6, 6.07) is 8.61. The lowest BCUT2D eigenvalue weighted by atomic mass is 9.85. The largest absolute Gasteiger partial charge is 0.497 e. The lowest BCUT2D eigenvalue weighted by Gasteiger charge is -2.31. The predicted octanol–water partition coefficient (Wildman–Crippen LogP) is 4.71. The van der Waals surface area contributed by atoms with E-state index in [0.29, 0.717) is 23.6 Å². The second kappa shape index (κ2) is 9.41. The molecule has 1 amide bonds. The molecule has 1 heterocycles. The first kappa shape index (κ1) is 21.2. The van der Waals surface area contributed by atoms with Gasteiger partial charge in [0.1, 0.15) is 5.75 Å². The van der Waals surface area contributed by atoms with Crippen LogP contribution in [0.1, 0.15) is 58.4 Å². The van der Waals surface area contributed by atoms with Crippen LogP contribution in [0.4, 0.5) is 0 Å². The topological polar surface area (TPSA) is 69.0 Å². The molecule has 0 radical (unpaired) electrons. The molecule has 1 N–H and O–H groups in total. The van der Waals surface area contributed by atoms with Crippen molar-refractivity contribution in [1.29, 1.82) is 0 Å². The fraction of sp³-hybridized carbons (Fsp3) is 0.609. The van der Waals surface area contributed by atoms with Crippen LogP contribution >= 0.6 is 11.8 Å². The van der Waals surface area contributed by atoms with Crippen LogP contribution in [0.2, 0.25) is 0 Å². The number of nitrogens with zero attached hydrogens (tertiary/aromatic N) is 3. The molecule has 0 aliphatic heterocycles. The lowest BCUT2D eigenvalue weighted by Crippen LogP contribution is -2.35. The van der Waals surface area contributed by atoms with E-state index in [9.17, 15) is 4.79 Å². The van der Waals surface area contributed by atoms with Crippen molar-refractivity contribution >= 4 is 17.7 Å². The third kappa shape index (κ3) is 4.82.